The maximum Gasteiger partial charge on any atom is 0.262 e. The number of nitrogens with zero attached hydrogens (tertiary/aromatic N) is 4. The highest BCUT2D eigenvalue weighted by atomic mass is 32.1. The normalized spacial score (nSPS) is 10.9. The number of aromatic nitrogens is 4. The van der Waals surface area contributed by atoms with E-state index in [1.54, 1.807) is 40.5 Å². The Bertz CT molecular complexity index is 1180. The van der Waals surface area contributed by atoms with Crippen LogP contribution in [0, 0.1) is 18.6 Å². The van der Waals surface area contributed by atoms with Crippen LogP contribution in [0.2, 0.25) is 0 Å². The van der Waals surface area contributed by atoms with Gasteiger partial charge < -0.3 is 5.32 Å². The maximum absolute atomic E-state index is 13.7. The van der Waals surface area contributed by atoms with Gasteiger partial charge in [0.15, 0.2) is 0 Å². The van der Waals surface area contributed by atoms with Crippen molar-refractivity contribution in [2.24, 2.45) is 7.05 Å². The van der Waals surface area contributed by atoms with Gasteiger partial charge in [0.2, 0.25) is 0 Å². The van der Waals surface area contributed by atoms with E-state index in [2.05, 4.69) is 20.4 Å². The predicted octanol–water partition coefficient (Wildman–Crippen LogP) is 4.44. The monoisotopic (exact) mass is 411 g/mol. The van der Waals surface area contributed by atoms with E-state index in [0.717, 1.165) is 38.8 Å². The van der Waals surface area contributed by atoms with Crippen molar-refractivity contribution in [3.8, 4) is 21.8 Å². The molecule has 4 aromatic rings. The quantitative estimate of drug-likeness (QED) is 0.539. The molecule has 1 N–H and O–H groups in total. The number of nitrogens with one attached hydrogen (secondary N) is 1. The van der Waals surface area contributed by atoms with Gasteiger partial charge in [0.05, 0.1) is 11.9 Å². The number of carbonyl (C=O) groups excluding carboxylic acids is 1. The Labute approximate surface area is 168 Å². The predicted molar refractivity (Wildman–Crippen MR) is 107 cm³/mol. The first-order valence-corrected chi connectivity index (χ1v) is 9.42. The molecule has 3 heterocycles. The third kappa shape index (κ3) is 3.77. The Kier molecular flexibility index (Phi) is 4.89. The molecule has 0 fully saturated rings. The summed E-state index contributed by atoms with van der Waals surface area (Å²) in [5.74, 6) is -2.58. The van der Waals surface area contributed by atoms with Crippen LogP contribution in [-0.4, -0.2) is 25.7 Å². The molecular weight excluding hydrogens is 396 g/mol. The Morgan fingerprint density at radius 2 is 1.86 bits per heavy atom. The maximum atomic E-state index is 13.7. The lowest BCUT2D eigenvalue weighted by Gasteiger charge is -2.07. The zero-order valence-corrected chi connectivity index (χ0v) is 16.3. The summed E-state index contributed by atoms with van der Waals surface area (Å²) in [4.78, 5) is 22.0. The molecule has 146 valence electrons. The van der Waals surface area contributed by atoms with Gasteiger partial charge in [-0.05, 0) is 31.2 Å². The Balaban J connectivity index is 1.56. The van der Waals surface area contributed by atoms with Crippen LogP contribution in [0.3, 0.4) is 0 Å². The standard InChI is InChI=1S/C20H15F2N5OS/c1-11-18(26-20(29-11)13-9-24-27(2)10-13)12-6-7-16(23-8-12)25-19(28)17-14(21)4-3-5-15(17)22/h3-10H,1-2H3,(H,23,25,28). The van der Waals surface area contributed by atoms with E-state index in [1.807, 2.05) is 20.2 Å². The average molecular weight is 411 g/mol. The van der Waals surface area contributed by atoms with E-state index in [1.165, 1.54) is 6.07 Å². The van der Waals surface area contributed by atoms with Gasteiger partial charge in [-0.25, -0.2) is 18.7 Å². The zero-order chi connectivity index (χ0) is 20.5. The second-order valence-corrected chi connectivity index (χ2v) is 7.51. The van der Waals surface area contributed by atoms with E-state index in [4.69, 9.17) is 0 Å². The van der Waals surface area contributed by atoms with Crippen LogP contribution in [0.5, 0.6) is 0 Å². The van der Waals surface area contributed by atoms with Crippen molar-refractivity contribution in [2.75, 3.05) is 5.32 Å². The van der Waals surface area contributed by atoms with Crippen molar-refractivity contribution in [3.05, 3.63) is 71.0 Å². The van der Waals surface area contributed by atoms with Crippen molar-refractivity contribution in [3.63, 3.8) is 0 Å². The summed E-state index contributed by atoms with van der Waals surface area (Å²) < 4.78 is 29.2. The molecule has 9 heteroatoms. The summed E-state index contributed by atoms with van der Waals surface area (Å²) in [7, 11) is 1.84. The highest BCUT2D eigenvalue weighted by Gasteiger charge is 2.18. The molecule has 1 amide bonds. The summed E-state index contributed by atoms with van der Waals surface area (Å²) in [5, 5.41) is 7.41. The smallest absolute Gasteiger partial charge is 0.262 e. The first kappa shape index (κ1) is 18.9. The molecule has 0 aliphatic rings. The van der Waals surface area contributed by atoms with Crippen molar-refractivity contribution in [1.82, 2.24) is 19.7 Å². The summed E-state index contributed by atoms with van der Waals surface area (Å²) in [6.45, 7) is 1.96. The van der Waals surface area contributed by atoms with Crippen LogP contribution < -0.4 is 5.32 Å². The lowest BCUT2D eigenvalue weighted by atomic mass is 10.1. The van der Waals surface area contributed by atoms with Crippen molar-refractivity contribution in [1.29, 1.82) is 0 Å². The summed E-state index contributed by atoms with van der Waals surface area (Å²) in [6.07, 6.45) is 5.20. The Morgan fingerprint density at radius 1 is 1.10 bits per heavy atom. The first-order chi connectivity index (χ1) is 13.9. The summed E-state index contributed by atoms with van der Waals surface area (Å²) >= 11 is 1.55. The van der Waals surface area contributed by atoms with E-state index < -0.39 is 23.1 Å². The molecule has 6 nitrogen and oxygen atoms in total. The molecule has 0 radical (unpaired) electrons. The molecule has 0 aliphatic heterocycles. The summed E-state index contributed by atoms with van der Waals surface area (Å²) in [5.41, 5.74) is 1.83. The molecule has 0 bridgehead atoms. The molecule has 1 aromatic carbocycles. The lowest BCUT2D eigenvalue weighted by Crippen LogP contribution is -2.16. The van der Waals surface area contributed by atoms with Gasteiger partial charge in [-0.2, -0.15) is 5.10 Å². The van der Waals surface area contributed by atoms with Crippen molar-refractivity contribution >= 4 is 23.1 Å². The number of anilines is 1. The van der Waals surface area contributed by atoms with Crippen LogP contribution in [-0.2, 0) is 7.05 Å². The summed E-state index contributed by atoms with van der Waals surface area (Å²) in [6, 6.07) is 6.56. The van der Waals surface area contributed by atoms with E-state index in [0.29, 0.717) is 0 Å². The Morgan fingerprint density at radius 3 is 2.48 bits per heavy atom. The molecule has 4 rings (SSSR count). The molecule has 0 unspecified atom stereocenters. The van der Waals surface area contributed by atoms with Gasteiger partial charge in [-0.1, -0.05) is 6.07 Å². The highest BCUT2D eigenvalue weighted by Crippen LogP contribution is 2.33. The number of hydrogen-bond acceptors (Lipinski definition) is 5. The minimum absolute atomic E-state index is 0.182. The average Bonchev–Trinajstić information content (AvgIpc) is 3.28. The fraction of sp³-hybridized carbons (Fsp3) is 0.100. The largest absolute Gasteiger partial charge is 0.306 e. The van der Waals surface area contributed by atoms with Gasteiger partial charge in [0.1, 0.15) is 28.0 Å². The fourth-order valence-electron chi connectivity index (χ4n) is 2.82. The number of halogens is 2. The number of carbonyl (C=O) groups is 1. The van der Waals surface area contributed by atoms with Crippen LogP contribution in [0.4, 0.5) is 14.6 Å². The number of rotatable bonds is 4. The molecule has 0 saturated heterocycles. The minimum Gasteiger partial charge on any atom is -0.306 e. The number of aryl methyl sites for hydroxylation is 2. The van der Waals surface area contributed by atoms with Gasteiger partial charge in [-0.15, -0.1) is 11.3 Å². The van der Waals surface area contributed by atoms with E-state index in [-0.39, 0.29) is 5.82 Å². The van der Waals surface area contributed by atoms with Crippen molar-refractivity contribution in [2.45, 2.75) is 6.92 Å². The number of amides is 1. The lowest BCUT2D eigenvalue weighted by molar-refractivity contribution is 0.101. The minimum atomic E-state index is -0.930. The van der Waals surface area contributed by atoms with E-state index >= 15 is 0 Å². The van der Waals surface area contributed by atoms with Crippen molar-refractivity contribution < 1.29 is 13.6 Å². The van der Waals surface area contributed by atoms with Gasteiger partial charge >= 0.3 is 0 Å². The van der Waals surface area contributed by atoms with E-state index in [9.17, 15) is 13.6 Å². The topological polar surface area (TPSA) is 72.7 Å². The van der Waals surface area contributed by atoms with Gasteiger partial charge in [-0.3, -0.25) is 9.48 Å². The molecule has 29 heavy (non-hydrogen) atoms. The SMILES string of the molecule is Cc1sc(-c2cnn(C)c2)nc1-c1ccc(NC(=O)c2c(F)cccc2F)nc1. The first-order valence-electron chi connectivity index (χ1n) is 8.60. The fourth-order valence-corrected chi connectivity index (χ4v) is 3.73. The molecular formula is C20H15F2N5OS. The third-order valence-corrected chi connectivity index (χ3v) is 5.24. The van der Waals surface area contributed by atoms with Gasteiger partial charge in [0, 0.05) is 35.4 Å². The van der Waals surface area contributed by atoms with Crippen LogP contribution in [0.15, 0.2) is 48.9 Å². The Hall–Kier alpha value is -3.46. The third-order valence-electron chi connectivity index (χ3n) is 4.22. The second-order valence-electron chi connectivity index (χ2n) is 6.31. The zero-order valence-electron chi connectivity index (χ0n) is 15.5. The molecule has 0 spiro atoms. The molecule has 0 saturated carbocycles. The molecule has 0 atom stereocenters. The molecule has 3 aromatic heterocycles. The van der Waals surface area contributed by atoms with Crippen LogP contribution in [0.25, 0.3) is 21.8 Å². The van der Waals surface area contributed by atoms with Gasteiger partial charge in [0.25, 0.3) is 5.91 Å². The molecule has 0 aliphatic carbocycles. The number of pyridine rings is 1. The number of hydrogen-bond donors (Lipinski definition) is 1. The van der Waals surface area contributed by atoms with Crippen LogP contribution >= 0.6 is 11.3 Å². The number of thiazole rings is 1. The second kappa shape index (κ2) is 7.51. The number of benzene rings is 1. The highest BCUT2D eigenvalue weighted by molar-refractivity contribution is 7.15. The van der Waals surface area contributed by atoms with Crippen LogP contribution in [0.1, 0.15) is 15.2 Å².